The lowest BCUT2D eigenvalue weighted by molar-refractivity contribution is -0.157. The molecule has 0 saturated heterocycles. The van der Waals surface area contributed by atoms with E-state index in [1.165, 1.54) is 96.1 Å². The van der Waals surface area contributed by atoms with Gasteiger partial charge in [0.15, 0.2) is 11.6 Å². The summed E-state index contributed by atoms with van der Waals surface area (Å²) in [5.41, 5.74) is 0.208. The van der Waals surface area contributed by atoms with Gasteiger partial charge in [0.05, 0.1) is 11.8 Å². The van der Waals surface area contributed by atoms with Gasteiger partial charge in [0, 0.05) is 0 Å². The molecule has 5 aliphatic rings. The summed E-state index contributed by atoms with van der Waals surface area (Å²) in [5.74, 6) is 3.37. The van der Waals surface area contributed by atoms with Crippen LogP contribution < -0.4 is 4.74 Å². The maximum absolute atomic E-state index is 13.9. The van der Waals surface area contributed by atoms with E-state index < -0.39 is 17.6 Å². The Hall–Kier alpha value is -1.98. The van der Waals surface area contributed by atoms with E-state index in [4.69, 9.17) is 9.47 Å². The number of carbonyl (C=O) groups excluding carboxylic acids is 2. The molecule has 0 aliphatic heterocycles. The first-order valence-corrected chi connectivity index (χ1v) is 19.9. The van der Waals surface area contributed by atoms with Crippen LogP contribution in [0.4, 0.5) is 8.78 Å². The Morgan fingerprint density at radius 3 is 1.33 bits per heavy atom. The van der Waals surface area contributed by atoms with E-state index in [2.05, 4.69) is 20.8 Å². The van der Waals surface area contributed by atoms with E-state index in [9.17, 15) is 18.4 Å². The smallest absolute Gasteiger partial charge is 0.314 e. The number of halogens is 2. The summed E-state index contributed by atoms with van der Waals surface area (Å²) in [4.78, 5) is 24.8. The molecule has 0 spiro atoms. The summed E-state index contributed by atoms with van der Waals surface area (Å²) >= 11 is 0. The van der Waals surface area contributed by atoms with Crippen LogP contribution in [-0.4, -0.2) is 18.0 Å². The third-order valence-corrected chi connectivity index (χ3v) is 13.4. The number of ether oxygens (including phenoxy) is 2. The molecule has 270 valence electrons. The Morgan fingerprint density at radius 1 is 0.521 bits per heavy atom. The second-order valence-corrected chi connectivity index (χ2v) is 17.0. The van der Waals surface area contributed by atoms with Crippen LogP contribution >= 0.6 is 0 Å². The molecule has 0 unspecified atom stereocenters. The van der Waals surface area contributed by atoms with Crippen molar-refractivity contribution in [3.63, 3.8) is 0 Å². The lowest BCUT2D eigenvalue weighted by atomic mass is 9.69. The summed E-state index contributed by atoms with van der Waals surface area (Å²) in [5, 5.41) is 0. The number of aryl methyl sites for hydroxylation is 1. The van der Waals surface area contributed by atoms with Crippen LogP contribution in [0.15, 0.2) is 12.1 Å². The molecule has 0 aromatic heterocycles. The first-order chi connectivity index (χ1) is 23.1. The van der Waals surface area contributed by atoms with Crippen molar-refractivity contribution >= 4 is 11.9 Å². The first-order valence-electron chi connectivity index (χ1n) is 19.9. The number of carbonyl (C=O) groups is 2. The zero-order valence-electron chi connectivity index (χ0n) is 30.5. The normalized spacial score (nSPS) is 35.9. The Labute approximate surface area is 289 Å². The van der Waals surface area contributed by atoms with Gasteiger partial charge in [0.1, 0.15) is 6.10 Å². The van der Waals surface area contributed by atoms with Crippen LogP contribution in [0.3, 0.4) is 0 Å². The number of hydrogen-bond donors (Lipinski definition) is 0. The monoisotopic (exact) mass is 670 g/mol. The maximum atomic E-state index is 13.9. The van der Waals surface area contributed by atoms with Gasteiger partial charge < -0.3 is 9.47 Å². The van der Waals surface area contributed by atoms with Crippen LogP contribution in [-0.2, 0) is 14.3 Å². The van der Waals surface area contributed by atoms with E-state index in [0.29, 0.717) is 5.92 Å². The zero-order valence-corrected chi connectivity index (χ0v) is 30.5. The number of esters is 2. The van der Waals surface area contributed by atoms with E-state index >= 15 is 0 Å². The van der Waals surface area contributed by atoms with Crippen LogP contribution in [0.1, 0.15) is 155 Å². The van der Waals surface area contributed by atoms with Crippen molar-refractivity contribution in [1.29, 1.82) is 0 Å². The summed E-state index contributed by atoms with van der Waals surface area (Å²) in [6.07, 6.45) is 24.2. The minimum absolute atomic E-state index is 0.125. The molecule has 1 aromatic rings. The molecule has 0 N–H and O–H groups in total. The number of benzene rings is 1. The van der Waals surface area contributed by atoms with Gasteiger partial charge in [-0.05, 0) is 163 Å². The van der Waals surface area contributed by atoms with Gasteiger partial charge in [-0.1, -0.05) is 52.5 Å². The summed E-state index contributed by atoms with van der Waals surface area (Å²) < 4.78 is 38.5. The van der Waals surface area contributed by atoms with Gasteiger partial charge in [-0.2, -0.15) is 4.39 Å². The molecule has 0 radical (unpaired) electrons. The summed E-state index contributed by atoms with van der Waals surface area (Å²) in [6, 6.07) is 2.77. The van der Waals surface area contributed by atoms with Crippen molar-refractivity contribution in [3.8, 4) is 5.75 Å². The van der Waals surface area contributed by atoms with Crippen molar-refractivity contribution < 1.29 is 27.8 Å². The molecule has 1 aromatic carbocycles. The van der Waals surface area contributed by atoms with Crippen molar-refractivity contribution in [2.45, 2.75) is 162 Å². The molecule has 0 bridgehead atoms. The molecule has 5 aliphatic carbocycles. The van der Waals surface area contributed by atoms with Gasteiger partial charge in [0.25, 0.3) is 0 Å². The second-order valence-electron chi connectivity index (χ2n) is 17.0. The minimum atomic E-state index is -1.07. The molecule has 48 heavy (non-hydrogen) atoms. The zero-order chi connectivity index (χ0) is 34.2. The maximum Gasteiger partial charge on any atom is 0.314 e. The Balaban J connectivity index is 0.000000188. The second kappa shape index (κ2) is 17.8. The third kappa shape index (κ3) is 10.3. The first kappa shape index (κ1) is 37.3. The van der Waals surface area contributed by atoms with Crippen LogP contribution in [0.2, 0.25) is 0 Å². The number of rotatable bonds is 6. The number of hydrogen-bond acceptors (Lipinski definition) is 4. The van der Waals surface area contributed by atoms with Crippen molar-refractivity contribution in [3.05, 3.63) is 29.3 Å². The molecule has 0 heterocycles. The summed E-state index contributed by atoms with van der Waals surface area (Å²) in [7, 11) is 0. The van der Waals surface area contributed by atoms with Crippen molar-refractivity contribution in [1.82, 2.24) is 0 Å². The van der Waals surface area contributed by atoms with Crippen LogP contribution in [0.5, 0.6) is 5.75 Å². The topological polar surface area (TPSA) is 52.6 Å². The van der Waals surface area contributed by atoms with Gasteiger partial charge in [-0.15, -0.1) is 0 Å². The SMILES string of the molecule is CC1CCC(OC(=O)C2CCC(C3CCC(C)CC3)CC2)CC1.Cc1ccc(OC(=O)C2CCC(C3CCC(C)CC3)CC2)c(F)c1F. The highest BCUT2D eigenvalue weighted by atomic mass is 19.2. The standard InChI is InChI=1S/C21H28F2O2.C21H36O2/c1-13-3-6-15(7-4-13)16-8-10-17(11-9-16)21(24)25-18-12-5-14(2)19(22)20(18)23;1-15-3-7-17(8-4-15)18-9-11-19(12-10-18)21(22)23-20-13-5-16(2)6-14-20/h5,12-13,15-17H,3-4,6-11H2,1-2H3;15-20H,3-14H2,1-2H3. The van der Waals surface area contributed by atoms with Gasteiger partial charge in [-0.3, -0.25) is 9.59 Å². The lowest BCUT2D eigenvalue weighted by Gasteiger charge is -2.37. The largest absolute Gasteiger partial charge is 0.462 e. The lowest BCUT2D eigenvalue weighted by Crippen LogP contribution is -2.31. The average molecular weight is 671 g/mol. The molecule has 6 heteroatoms. The van der Waals surface area contributed by atoms with E-state index in [1.54, 1.807) is 0 Å². The molecule has 5 saturated carbocycles. The highest BCUT2D eigenvalue weighted by molar-refractivity contribution is 5.75. The predicted octanol–water partition coefficient (Wildman–Crippen LogP) is 11.6. The molecular weight excluding hydrogens is 606 g/mol. The minimum Gasteiger partial charge on any atom is -0.462 e. The van der Waals surface area contributed by atoms with E-state index in [1.807, 2.05) is 0 Å². The van der Waals surface area contributed by atoms with Crippen LogP contribution in [0, 0.1) is 71.8 Å². The molecule has 0 amide bonds. The molecule has 5 fully saturated rings. The fourth-order valence-electron chi connectivity index (χ4n) is 9.67. The highest BCUT2D eigenvalue weighted by Gasteiger charge is 2.35. The Morgan fingerprint density at radius 2 is 0.896 bits per heavy atom. The predicted molar refractivity (Wildman–Crippen MR) is 187 cm³/mol. The Kier molecular flexibility index (Phi) is 13.8. The molecule has 6 rings (SSSR count). The average Bonchev–Trinajstić information content (AvgIpc) is 3.10. The summed E-state index contributed by atoms with van der Waals surface area (Å²) in [6.45, 7) is 8.52. The quantitative estimate of drug-likeness (QED) is 0.223. The Bertz CT molecular complexity index is 1160. The van der Waals surface area contributed by atoms with Crippen LogP contribution in [0.25, 0.3) is 0 Å². The van der Waals surface area contributed by atoms with E-state index in [-0.39, 0.29) is 35.2 Å². The fourth-order valence-corrected chi connectivity index (χ4v) is 9.67. The van der Waals surface area contributed by atoms with Gasteiger partial charge >= 0.3 is 11.9 Å². The van der Waals surface area contributed by atoms with Crippen molar-refractivity contribution in [2.24, 2.45) is 53.3 Å². The van der Waals surface area contributed by atoms with Gasteiger partial charge in [-0.25, -0.2) is 4.39 Å². The van der Waals surface area contributed by atoms with E-state index in [0.717, 1.165) is 86.9 Å². The molecule has 0 atom stereocenters. The fraction of sp³-hybridized carbons (Fsp3) is 0.810. The van der Waals surface area contributed by atoms with Gasteiger partial charge in [0.2, 0.25) is 5.82 Å². The highest BCUT2D eigenvalue weighted by Crippen LogP contribution is 2.43. The third-order valence-electron chi connectivity index (χ3n) is 13.4. The van der Waals surface area contributed by atoms with Crippen molar-refractivity contribution in [2.75, 3.05) is 0 Å². The molecule has 4 nitrogen and oxygen atoms in total. The molecular formula is C42H64F2O4.